The lowest BCUT2D eigenvalue weighted by Gasteiger charge is -2.21. The van der Waals surface area contributed by atoms with E-state index in [-0.39, 0.29) is 5.56 Å². The summed E-state index contributed by atoms with van der Waals surface area (Å²) in [4.78, 5) is 0. The largest absolute Gasteiger partial charge is 0.486 e. The van der Waals surface area contributed by atoms with Crippen LogP contribution in [0, 0.1) is 5.82 Å². The number of halogens is 2. The van der Waals surface area contributed by atoms with E-state index >= 15 is 0 Å². The minimum Gasteiger partial charge on any atom is -0.486 e. The van der Waals surface area contributed by atoms with E-state index in [1.54, 1.807) is 30.3 Å². The fourth-order valence-electron chi connectivity index (χ4n) is 2.15. The highest BCUT2D eigenvalue weighted by molar-refractivity contribution is 9.10. The normalized spacial score (nSPS) is 14.9. The second-order valence-electron chi connectivity index (χ2n) is 4.44. The molecule has 5 heteroatoms. The molecule has 1 unspecified atom stereocenters. The highest BCUT2D eigenvalue weighted by atomic mass is 79.9. The summed E-state index contributed by atoms with van der Waals surface area (Å²) in [6, 6.07) is 9.56. The fourth-order valence-corrected chi connectivity index (χ4v) is 2.69. The number of rotatable bonds is 2. The lowest BCUT2D eigenvalue weighted by atomic mass is 10.0. The van der Waals surface area contributed by atoms with Crippen molar-refractivity contribution in [3.8, 4) is 11.5 Å². The van der Waals surface area contributed by atoms with Crippen molar-refractivity contribution in [3.05, 3.63) is 57.8 Å². The summed E-state index contributed by atoms with van der Waals surface area (Å²) in [6.07, 6.45) is -1.07. The third-order valence-electron chi connectivity index (χ3n) is 3.16. The topological polar surface area (TPSA) is 38.7 Å². The first-order chi connectivity index (χ1) is 9.66. The van der Waals surface area contributed by atoms with E-state index in [0.29, 0.717) is 34.7 Å². The van der Waals surface area contributed by atoms with Gasteiger partial charge in [-0.25, -0.2) is 4.39 Å². The van der Waals surface area contributed by atoms with Gasteiger partial charge in [0.1, 0.15) is 25.1 Å². The van der Waals surface area contributed by atoms with E-state index in [4.69, 9.17) is 9.47 Å². The van der Waals surface area contributed by atoms with Crippen LogP contribution in [0.1, 0.15) is 17.2 Å². The van der Waals surface area contributed by atoms with Gasteiger partial charge in [0.15, 0.2) is 11.5 Å². The zero-order chi connectivity index (χ0) is 14.1. The van der Waals surface area contributed by atoms with E-state index in [1.165, 1.54) is 6.07 Å². The molecule has 1 aliphatic heterocycles. The van der Waals surface area contributed by atoms with Crippen LogP contribution in [0.5, 0.6) is 11.5 Å². The van der Waals surface area contributed by atoms with Gasteiger partial charge in [0.2, 0.25) is 0 Å². The molecule has 1 heterocycles. The van der Waals surface area contributed by atoms with Gasteiger partial charge in [-0.1, -0.05) is 34.1 Å². The van der Waals surface area contributed by atoms with Crippen LogP contribution >= 0.6 is 15.9 Å². The summed E-state index contributed by atoms with van der Waals surface area (Å²) in [7, 11) is 0. The standard InChI is InChI=1S/C15H12BrFO3/c16-11-8-14-13(19-5-6-20-14)7-10(11)15(18)9-3-1-2-4-12(9)17/h1-4,7-8,15,18H,5-6H2. The molecule has 0 fully saturated rings. The van der Waals surface area contributed by atoms with Crippen molar-refractivity contribution in [2.75, 3.05) is 13.2 Å². The minimum absolute atomic E-state index is 0.227. The van der Waals surface area contributed by atoms with Gasteiger partial charge in [-0.05, 0) is 18.2 Å². The van der Waals surface area contributed by atoms with Gasteiger partial charge in [-0.15, -0.1) is 0 Å². The van der Waals surface area contributed by atoms with Gasteiger partial charge in [0.25, 0.3) is 0 Å². The van der Waals surface area contributed by atoms with Crippen LogP contribution < -0.4 is 9.47 Å². The third-order valence-corrected chi connectivity index (χ3v) is 3.84. The molecule has 0 radical (unpaired) electrons. The molecule has 3 rings (SSSR count). The predicted molar refractivity (Wildman–Crippen MR) is 75.6 cm³/mol. The lowest BCUT2D eigenvalue weighted by molar-refractivity contribution is 0.169. The van der Waals surface area contributed by atoms with Crippen molar-refractivity contribution in [1.29, 1.82) is 0 Å². The minimum atomic E-state index is -1.07. The number of aliphatic hydroxyl groups is 1. The third kappa shape index (κ3) is 2.39. The van der Waals surface area contributed by atoms with Gasteiger partial charge >= 0.3 is 0 Å². The molecular formula is C15H12BrFO3. The molecule has 0 saturated heterocycles. The Morgan fingerprint density at radius 1 is 1.05 bits per heavy atom. The Balaban J connectivity index is 2.03. The summed E-state index contributed by atoms with van der Waals surface area (Å²) in [5.74, 6) is 0.735. The summed E-state index contributed by atoms with van der Waals surface area (Å²) in [6.45, 7) is 0.957. The molecule has 0 spiro atoms. The average Bonchev–Trinajstić information content (AvgIpc) is 2.46. The Kier molecular flexibility index (Phi) is 3.63. The monoisotopic (exact) mass is 338 g/mol. The molecular weight excluding hydrogens is 327 g/mol. The fraction of sp³-hybridized carbons (Fsp3) is 0.200. The van der Waals surface area contributed by atoms with Crippen molar-refractivity contribution >= 4 is 15.9 Å². The van der Waals surface area contributed by atoms with Gasteiger partial charge in [-0.2, -0.15) is 0 Å². The Labute approximate surface area is 124 Å². The number of benzene rings is 2. The number of aliphatic hydroxyl groups excluding tert-OH is 1. The van der Waals surface area contributed by atoms with Crippen molar-refractivity contribution in [2.45, 2.75) is 6.10 Å². The first kappa shape index (κ1) is 13.4. The number of fused-ring (bicyclic) bond motifs is 1. The summed E-state index contributed by atoms with van der Waals surface area (Å²) in [5, 5.41) is 10.4. The van der Waals surface area contributed by atoms with Crippen molar-refractivity contribution < 1.29 is 19.0 Å². The van der Waals surface area contributed by atoms with Crippen LogP contribution in [-0.4, -0.2) is 18.3 Å². The Morgan fingerprint density at radius 3 is 2.40 bits per heavy atom. The molecule has 2 aromatic carbocycles. The van der Waals surface area contributed by atoms with Crippen LogP contribution in [0.25, 0.3) is 0 Å². The maximum atomic E-state index is 13.8. The Morgan fingerprint density at radius 2 is 1.70 bits per heavy atom. The summed E-state index contributed by atoms with van der Waals surface area (Å²) < 4.78 is 25.4. The maximum absolute atomic E-state index is 13.8. The van der Waals surface area contributed by atoms with Crippen LogP contribution in [0.4, 0.5) is 4.39 Å². The first-order valence-corrected chi connectivity index (χ1v) is 6.97. The molecule has 20 heavy (non-hydrogen) atoms. The van der Waals surface area contributed by atoms with E-state index in [9.17, 15) is 9.50 Å². The highest BCUT2D eigenvalue weighted by Crippen LogP contribution is 2.39. The number of hydrogen-bond acceptors (Lipinski definition) is 3. The molecule has 1 aliphatic rings. The quantitative estimate of drug-likeness (QED) is 0.911. The Hall–Kier alpha value is -1.59. The predicted octanol–water partition coefficient (Wildman–Crippen LogP) is 3.44. The molecule has 104 valence electrons. The van der Waals surface area contributed by atoms with Crippen molar-refractivity contribution in [3.63, 3.8) is 0 Å². The zero-order valence-electron chi connectivity index (χ0n) is 10.5. The molecule has 1 N–H and O–H groups in total. The second-order valence-corrected chi connectivity index (χ2v) is 5.30. The zero-order valence-corrected chi connectivity index (χ0v) is 12.1. The van der Waals surface area contributed by atoms with Gasteiger partial charge in [-0.3, -0.25) is 0 Å². The average molecular weight is 339 g/mol. The highest BCUT2D eigenvalue weighted by Gasteiger charge is 2.21. The number of hydrogen-bond donors (Lipinski definition) is 1. The van der Waals surface area contributed by atoms with Crippen molar-refractivity contribution in [2.24, 2.45) is 0 Å². The SMILES string of the molecule is OC(c1ccccc1F)c1cc2c(cc1Br)OCCO2. The lowest BCUT2D eigenvalue weighted by Crippen LogP contribution is -2.16. The summed E-state index contributed by atoms with van der Waals surface area (Å²) in [5.41, 5.74) is 0.768. The van der Waals surface area contributed by atoms with Crippen LogP contribution in [-0.2, 0) is 0 Å². The van der Waals surface area contributed by atoms with E-state index in [1.807, 2.05) is 0 Å². The molecule has 3 nitrogen and oxygen atoms in total. The molecule has 2 aromatic rings. The van der Waals surface area contributed by atoms with E-state index in [2.05, 4.69) is 15.9 Å². The molecule has 1 atom stereocenters. The van der Waals surface area contributed by atoms with E-state index < -0.39 is 11.9 Å². The molecule has 0 amide bonds. The molecule has 0 aliphatic carbocycles. The number of ether oxygens (including phenoxy) is 2. The second kappa shape index (κ2) is 5.42. The van der Waals surface area contributed by atoms with Gasteiger partial charge in [0.05, 0.1) is 0 Å². The van der Waals surface area contributed by atoms with Crippen LogP contribution in [0.2, 0.25) is 0 Å². The molecule has 0 saturated carbocycles. The first-order valence-electron chi connectivity index (χ1n) is 6.18. The van der Waals surface area contributed by atoms with E-state index in [0.717, 1.165) is 0 Å². The summed E-state index contributed by atoms with van der Waals surface area (Å²) >= 11 is 3.38. The maximum Gasteiger partial charge on any atom is 0.162 e. The molecule has 0 bridgehead atoms. The van der Waals surface area contributed by atoms with Crippen molar-refractivity contribution in [1.82, 2.24) is 0 Å². The van der Waals surface area contributed by atoms with Crippen LogP contribution in [0.3, 0.4) is 0 Å². The van der Waals surface area contributed by atoms with Gasteiger partial charge in [0, 0.05) is 15.6 Å². The smallest absolute Gasteiger partial charge is 0.162 e. The van der Waals surface area contributed by atoms with Gasteiger partial charge < -0.3 is 14.6 Å². The molecule has 0 aromatic heterocycles. The Bertz CT molecular complexity index is 645. The van der Waals surface area contributed by atoms with Crippen LogP contribution in [0.15, 0.2) is 40.9 Å².